The van der Waals surface area contributed by atoms with Crippen molar-refractivity contribution in [3.05, 3.63) is 18.2 Å². The van der Waals surface area contributed by atoms with Gasteiger partial charge in [0.1, 0.15) is 22.0 Å². The normalized spacial score (nSPS) is 16.2. The first-order valence-electron chi connectivity index (χ1n) is 10.1. The first-order valence-corrected chi connectivity index (χ1v) is 13.7. The highest BCUT2D eigenvalue weighted by atomic mass is 32.2. The highest BCUT2D eigenvalue weighted by molar-refractivity contribution is 7.98. The van der Waals surface area contributed by atoms with Crippen LogP contribution in [0.3, 0.4) is 0 Å². The molecule has 0 radical (unpaired) electrons. The fourth-order valence-corrected chi connectivity index (χ4v) is 5.92. The van der Waals surface area contributed by atoms with Crippen LogP contribution in [0.5, 0.6) is 0 Å². The van der Waals surface area contributed by atoms with Gasteiger partial charge >= 0.3 is 5.97 Å². The van der Waals surface area contributed by atoms with Gasteiger partial charge in [0, 0.05) is 6.04 Å². The number of rotatable bonds is 10. The van der Waals surface area contributed by atoms with Crippen LogP contribution < -0.4 is 10.0 Å². The number of thioether (sulfide) groups is 1. The van der Waals surface area contributed by atoms with Crippen LogP contribution >= 0.6 is 23.5 Å². The van der Waals surface area contributed by atoms with E-state index in [1.807, 2.05) is 6.26 Å². The maximum absolute atomic E-state index is 13.0. The van der Waals surface area contributed by atoms with Crippen LogP contribution in [0, 0.1) is 0 Å². The lowest BCUT2D eigenvalue weighted by molar-refractivity contribution is -0.150. The van der Waals surface area contributed by atoms with Crippen molar-refractivity contribution in [3.8, 4) is 0 Å². The van der Waals surface area contributed by atoms with Crippen LogP contribution in [0.15, 0.2) is 23.1 Å². The molecule has 1 aromatic carbocycles. The molecule has 1 saturated carbocycles. The molecule has 1 aliphatic carbocycles. The molecule has 12 heteroatoms. The number of carbonyl (C=O) groups excluding carboxylic acids is 2. The van der Waals surface area contributed by atoms with Gasteiger partial charge in [0.05, 0.1) is 11.7 Å². The van der Waals surface area contributed by atoms with Gasteiger partial charge < -0.3 is 10.1 Å². The topological polar surface area (TPSA) is 127 Å². The van der Waals surface area contributed by atoms with Gasteiger partial charge in [0.2, 0.25) is 10.0 Å². The molecule has 1 amide bonds. The molecular weight excluding hydrogens is 460 g/mol. The number of sulfonamides is 1. The number of esters is 1. The molecule has 2 aromatic rings. The third-order valence-corrected chi connectivity index (χ3v) is 7.74. The van der Waals surface area contributed by atoms with Gasteiger partial charge in [0.25, 0.3) is 5.91 Å². The summed E-state index contributed by atoms with van der Waals surface area (Å²) in [5, 5.41) is 2.87. The van der Waals surface area contributed by atoms with Crippen molar-refractivity contribution in [1.29, 1.82) is 0 Å². The summed E-state index contributed by atoms with van der Waals surface area (Å²) in [4.78, 5) is 24.7. The number of carbonyl (C=O) groups is 2. The van der Waals surface area contributed by atoms with Gasteiger partial charge in [-0.05, 0) is 43.4 Å². The second-order valence-electron chi connectivity index (χ2n) is 7.35. The molecule has 31 heavy (non-hydrogen) atoms. The minimum atomic E-state index is -4.05. The molecule has 1 heterocycles. The summed E-state index contributed by atoms with van der Waals surface area (Å²) in [5.41, 5.74) is 0.722. The average molecular weight is 487 g/mol. The number of aromatic nitrogens is 2. The highest BCUT2D eigenvalue weighted by Crippen LogP contribution is 2.22. The van der Waals surface area contributed by atoms with Crippen LogP contribution in [0.4, 0.5) is 0 Å². The summed E-state index contributed by atoms with van der Waals surface area (Å²) in [7, 11) is -4.05. The lowest BCUT2D eigenvalue weighted by atomic mass is 9.95. The van der Waals surface area contributed by atoms with Crippen LogP contribution in [0.1, 0.15) is 38.5 Å². The van der Waals surface area contributed by atoms with E-state index >= 15 is 0 Å². The van der Waals surface area contributed by atoms with Crippen molar-refractivity contribution in [2.24, 2.45) is 0 Å². The first-order chi connectivity index (χ1) is 14.9. The van der Waals surface area contributed by atoms with Crippen molar-refractivity contribution in [2.75, 3.05) is 18.6 Å². The molecule has 0 spiro atoms. The van der Waals surface area contributed by atoms with E-state index in [2.05, 4.69) is 18.8 Å². The Balaban J connectivity index is 1.64. The van der Waals surface area contributed by atoms with E-state index in [0.717, 1.165) is 37.4 Å². The van der Waals surface area contributed by atoms with Gasteiger partial charge in [-0.2, -0.15) is 25.2 Å². The van der Waals surface area contributed by atoms with E-state index in [4.69, 9.17) is 4.74 Å². The van der Waals surface area contributed by atoms with Crippen molar-refractivity contribution in [3.63, 3.8) is 0 Å². The van der Waals surface area contributed by atoms with Crippen molar-refractivity contribution < 1.29 is 22.7 Å². The Labute approximate surface area is 190 Å². The average Bonchev–Trinajstić information content (AvgIpc) is 3.24. The summed E-state index contributed by atoms with van der Waals surface area (Å²) in [6.07, 6.45) is 7.25. The summed E-state index contributed by atoms with van der Waals surface area (Å²) in [5.74, 6) is -0.607. The van der Waals surface area contributed by atoms with E-state index < -0.39 is 28.6 Å². The van der Waals surface area contributed by atoms with Gasteiger partial charge in [-0.3, -0.25) is 9.59 Å². The van der Waals surface area contributed by atoms with Crippen molar-refractivity contribution in [2.45, 2.75) is 55.5 Å². The number of amides is 1. The minimum Gasteiger partial charge on any atom is -0.454 e. The quantitative estimate of drug-likeness (QED) is 0.489. The second-order valence-corrected chi connectivity index (χ2v) is 10.6. The Kier molecular flexibility index (Phi) is 8.64. The SMILES string of the molecule is CSCC[C@H](NS(=O)(=O)c1cccc2nsnc12)C(=O)OCC(=O)NC1CCCCC1. The lowest BCUT2D eigenvalue weighted by Crippen LogP contribution is -2.44. The Morgan fingerprint density at radius 3 is 2.77 bits per heavy atom. The van der Waals surface area contributed by atoms with Crippen LogP contribution in [0.2, 0.25) is 0 Å². The fourth-order valence-electron chi connectivity index (χ4n) is 3.46. The minimum absolute atomic E-state index is 0.0456. The van der Waals surface area contributed by atoms with Gasteiger partial charge in [0.15, 0.2) is 6.61 Å². The lowest BCUT2D eigenvalue weighted by Gasteiger charge is -2.23. The highest BCUT2D eigenvalue weighted by Gasteiger charge is 2.29. The van der Waals surface area contributed by atoms with Crippen LogP contribution in [-0.4, -0.2) is 59.7 Å². The second kappa shape index (κ2) is 11.2. The zero-order chi connectivity index (χ0) is 22.3. The Morgan fingerprint density at radius 1 is 1.26 bits per heavy atom. The summed E-state index contributed by atoms with van der Waals surface area (Å²) < 4.78 is 41.6. The molecule has 0 bridgehead atoms. The zero-order valence-corrected chi connectivity index (χ0v) is 19.7. The molecule has 170 valence electrons. The molecule has 1 aromatic heterocycles. The van der Waals surface area contributed by atoms with Crippen molar-refractivity contribution in [1.82, 2.24) is 18.8 Å². The molecule has 1 fully saturated rings. The molecule has 0 aliphatic heterocycles. The molecule has 1 atom stereocenters. The molecule has 1 aliphatic rings. The van der Waals surface area contributed by atoms with E-state index in [1.165, 1.54) is 24.2 Å². The number of fused-ring (bicyclic) bond motifs is 1. The van der Waals surface area contributed by atoms with E-state index in [-0.39, 0.29) is 28.8 Å². The zero-order valence-electron chi connectivity index (χ0n) is 17.2. The third-order valence-electron chi connectivity index (χ3n) is 5.05. The predicted molar refractivity (Wildman–Crippen MR) is 120 cm³/mol. The molecule has 0 unspecified atom stereocenters. The van der Waals surface area contributed by atoms with Crippen LogP contribution in [0.25, 0.3) is 11.0 Å². The predicted octanol–water partition coefficient (Wildman–Crippen LogP) is 2.08. The summed E-state index contributed by atoms with van der Waals surface area (Å²) >= 11 is 2.39. The van der Waals surface area contributed by atoms with Gasteiger partial charge in [-0.1, -0.05) is 25.3 Å². The third kappa shape index (κ3) is 6.61. The first kappa shape index (κ1) is 23.9. The summed E-state index contributed by atoms with van der Waals surface area (Å²) in [6, 6.07) is 3.66. The number of hydrogen-bond donors (Lipinski definition) is 2. The Hall–Kier alpha value is -1.76. The summed E-state index contributed by atoms with van der Waals surface area (Å²) in [6.45, 7) is -0.432. The standard InChI is InChI=1S/C19H26N4O5S3/c1-29-11-10-15(19(25)28-12-17(24)20-13-6-3-2-4-7-13)23-31(26,27)16-9-5-8-14-18(16)22-30-21-14/h5,8-9,13,15,23H,2-4,6-7,10-12H2,1H3,(H,20,24)/t15-/m0/s1. The monoisotopic (exact) mass is 486 g/mol. The maximum Gasteiger partial charge on any atom is 0.324 e. The smallest absolute Gasteiger partial charge is 0.324 e. The van der Waals surface area contributed by atoms with Crippen molar-refractivity contribution >= 4 is 56.4 Å². The Morgan fingerprint density at radius 2 is 2.03 bits per heavy atom. The van der Waals surface area contributed by atoms with E-state index in [9.17, 15) is 18.0 Å². The molecule has 9 nitrogen and oxygen atoms in total. The van der Waals surface area contributed by atoms with E-state index in [1.54, 1.807) is 12.1 Å². The van der Waals surface area contributed by atoms with Crippen LogP contribution in [-0.2, 0) is 24.3 Å². The number of benzene rings is 1. The Bertz CT molecular complexity index is 1000. The molecule has 2 N–H and O–H groups in total. The van der Waals surface area contributed by atoms with E-state index in [0.29, 0.717) is 11.3 Å². The number of nitrogens with one attached hydrogen (secondary N) is 2. The maximum atomic E-state index is 13.0. The molecule has 3 rings (SSSR count). The number of nitrogens with zero attached hydrogens (tertiary/aromatic N) is 2. The fraction of sp³-hybridized carbons (Fsp3) is 0.579. The van der Waals surface area contributed by atoms with Gasteiger partial charge in [-0.25, -0.2) is 8.42 Å². The molecule has 0 saturated heterocycles. The van der Waals surface area contributed by atoms with Gasteiger partial charge in [-0.15, -0.1) is 0 Å². The number of hydrogen-bond acceptors (Lipinski definition) is 9. The molecular formula is C19H26N4O5S3. The number of ether oxygens (including phenoxy) is 1. The largest absolute Gasteiger partial charge is 0.454 e.